The molecule has 3 aliphatic rings. The summed E-state index contributed by atoms with van der Waals surface area (Å²) >= 11 is 7.80. The van der Waals surface area contributed by atoms with Gasteiger partial charge in [-0.1, -0.05) is 17.7 Å². The number of esters is 1. The molecule has 1 aromatic carbocycles. The van der Waals surface area contributed by atoms with Gasteiger partial charge in [-0.2, -0.15) is 12.7 Å². The molecule has 38 heavy (non-hydrogen) atoms. The fourth-order valence-corrected chi connectivity index (χ4v) is 6.78. The lowest BCUT2D eigenvalue weighted by atomic mass is 9.94. The molecule has 0 radical (unpaired) electrons. The van der Waals surface area contributed by atoms with Crippen LogP contribution in [0.5, 0.6) is 0 Å². The summed E-state index contributed by atoms with van der Waals surface area (Å²) in [6.45, 7) is 1.36. The number of piperazine rings is 1. The maximum atomic E-state index is 13.9. The van der Waals surface area contributed by atoms with Gasteiger partial charge in [0.05, 0.1) is 25.9 Å². The number of aromatic nitrogens is 1. The van der Waals surface area contributed by atoms with Gasteiger partial charge >= 0.3 is 5.97 Å². The average Bonchev–Trinajstić information content (AvgIpc) is 3.43. The van der Waals surface area contributed by atoms with E-state index >= 15 is 0 Å². The van der Waals surface area contributed by atoms with Gasteiger partial charge in [0, 0.05) is 66.6 Å². The highest BCUT2D eigenvalue weighted by Crippen LogP contribution is 2.37. The van der Waals surface area contributed by atoms with Crippen molar-refractivity contribution in [2.45, 2.75) is 18.1 Å². The quantitative estimate of drug-likeness (QED) is 0.467. The number of morpholine rings is 1. The van der Waals surface area contributed by atoms with Crippen LogP contribution >= 0.6 is 22.9 Å². The summed E-state index contributed by atoms with van der Waals surface area (Å²) < 4.78 is 53.6. The Bertz CT molecular complexity index is 1370. The first-order valence-electron chi connectivity index (χ1n) is 11.7. The van der Waals surface area contributed by atoms with E-state index in [0.717, 1.165) is 0 Å². The molecule has 2 N–H and O–H groups in total. The van der Waals surface area contributed by atoms with E-state index in [2.05, 4.69) is 19.9 Å². The minimum Gasteiger partial charge on any atom is -0.466 e. The molecular weight excluding hydrogens is 559 g/mol. The highest BCUT2D eigenvalue weighted by atomic mass is 35.5. The highest BCUT2D eigenvalue weighted by molar-refractivity contribution is 7.87. The number of hydrogen-bond acceptors (Lipinski definition) is 10. The van der Waals surface area contributed by atoms with Gasteiger partial charge in [0.2, 0.25) is 0 Å². The van der Waals surface area contributed by atoms with Gasteiger partial charge in [-0.3, -0.25) is 9.89 Å². The zero-order chi connectivity index (χ0) is 27.0. The fourth-order valence-electron chi connectivity index (χ4n) is 4.92. The molecule has 15 heteroatoms. The number of methoxy groups -OCH3 is 1. The van der Waals surface area contributed by atoms with Crippen LogP contribution in [0.25, 0.3) is 0 Å². The molecular formula is C23H26ClFN6O5S2. The number of amidine groups is 1. The number of thiazole rings is 1. The van der Waals surface area contributed by atoms with Crippen molar-refractivity contribution in [1.82, 2.24) is 24.2 Å². The van der Waals surface area contributed by atoms with Gasteiger partial charge in [0.1, 0.15) is 11.9 Å². The first-order valence-corrected chi connectivity index (χ1v) is 14.4. The largest absolute Gasteiger partial charge is 0.466 e. The van der Waals surface area contributed by atoms with Crippen LogP contribution < -0.4 is 10.0 Å². The van der Waals surface area contributed by atoms with Crippen LogP contribution in [-0.4, -0.2) is 93.5 Å². The van der Waals surface area contributed by atoms with Crippen molar-refractivity contribution >= 4 is 45.0 Å². The van der Waals surface area contributed by atoms with Crippen molar-refractivity contribution in [3.8, 4) is 0 Å². The Morgan fingerprint density at radius 2 is 2.08 bits per heavy atom. The second kappa shape index (κ2) is 11.0. The molecule has 2 aromatic rings. The summed E-state index contributed by atoms with van der Waals surface area (Å²) in [6, 6.07) is 2.55. The molecule has 11 nitrogen and oxygen atoms in total. The Morgan fingerprint density at radius 3 is 2.68 bits per heavy atom. The predicted octanol–water partition coefficient (Wildman–Crippen LogP) is 1.30. The van der Waals surface area contributed by atoms with Gasteiger partial charge in [-0.25, -0.2) is 18.9 Å². The van der Waals surface area contributed by atoms with Crippen LogP contribution in [0.15, 0.2) is 46.0 Å². The Kier molecular flexibility index (Phi) is 7.82. The maximum Gasteiger partial charge on any atom is 0.338 e. The zero-order valence-electron chi connectivity index (χ0n) is 20.6. The summed E-state index contributed by atoms with van der Waals surface area (Å²) in [6.07, 6.45) is 1.65. The standard InChI is InChI=1S/C23H26ClFN6O5S2/c1-26-38(33,34)30-8-14-11-36-12-15(9-30)31(14)10-18-19(23(32)35-2)20(16-4-3-13(25)7-17(16)24)29-21(28-18)22-27-5-6-37-22/h3-7,14-15,20,26H,8-12H2,1-2H3,(H,28,29)/t14-,15?,20?/m1/s1. The molecule has 2 saturated heterocycles. The third-order valence-electron chi connectivity index (χ3n) is 6.75. The molecule has 3 aliphatic heterocycles. The summed E-state index contributed by atoms with van der Waals surface area (Å²) in [4.78, 5) is 24.4. The average molecular weight is 585 g/mol. The number of halogens is 2. The molecule has 1 aromatic heterocycles. The molecule has 204 valence electrons. The van der Waals surface area contributed by atoms with E-state index in [-0.39, 0.29) is 42.3 Å². The van der Waals surface area contributed by atoms with Gasteiger partial charge in [-0.05, 0) is 12.1 Å². The monoisotopic (exact) mass is 584 g/mol. The molecule has 0 aliphatic carbocycles. The number of carbonyl (C=O) groups is 1. The van der Waals surface area contributed by atoms with E-state index in [1.807, 2.05) is 5.38 Å². The maximum absolute atomic E-state index is 13.9. The van der Waals surface area contributed by atoms with Crippen LogP contribution in [0, 0.1) is 5.82 Å². The van der Waals surface area contributed by atoms with Crippen molar-refractivity contribution in [3.63, 3.8) is 0 Å². The van der Waals surface area contributed by atoms with Crippen LogP contribution in [0.2, 0.25) is 5.02 Å². The summed E-state index contributed by atoms with van der Waals surface area (Å²) in [7, 11) is -0.951. The number of carbonyl (C=O) groups excluding carboxylic acids is 1. The molecule has 2 bridgehead atoms. The van der Waals surface area contributed by atoms with Crippen LogP contribution in [-0.2, 0) is 24.5 Å². The van der Waals surface area contributed by atoms with Gasteiger partial charge in [-0.15, -0.1) is 11.3 Å². The van der Waals surface area contributed by atoms with E-state index in [1.54, 1.807) is 6.20 Å². The molecule has 0 amide bonds. The predicted molar refractivity (Wildman–Crippen MR) is 140 cm³/mol. The van der Waals surface area contributed by atoms with E-state index in [4.69, 9.17) is 26.1 Å². The smallest absolute Gasteiger partial charge is 0.338 e. The molecule has 2 fully saturated rings. The lowest BCUT2D eigenvalue weighted by molar-refractivity contribution is -0.136. The lowest BCUT2D eigenvalue weighted by Crippen LogP contribution is -2.66. The number of ether oxygens (including phenoxy) is 2. The van der Waals surface area contributed by atoms with Gasteiger partial charge < -0.3 is 14.8 Å². The van der Waals surface area contributed by atoms with E-state index in [0.29, 0.717) is 35.3 Å². The van der Waals surface area contributed by atoms with Crippen molar-refractivity contribution < 1.29 is 27.1 Å². The number of aliphatic imine (C=N–C) groups is 1. The van der Waals surface area contributed by atoms with E-state index in [1.165, 1.54) is 48.0 Å². The SMILES string of the molecule is CNS(=O)(=O)N1CC2COC[C@@H](C1)N2CC1=C(C(=O)OC)C(c2ccc(F)cc2Cl)N=C(c2nccs2)N1. The second-order valence-corrected chi connectivity index (χ2v) is 12.1. The van der Waals surface area contributed by atoms with E-state index in [9.17, 15) is 17.6 Å². The number of nitrogens with one attached hydrogen (secondary N) is 2. The Morgan fingerprint density at radius 1 is 1.34 bits per heavy atom. The second-order valence-electron chi connectivity index (χ2n) is 8.94. The summed E-state index contributed by atoms with van der Waals surface area (Å²) in [5.41, 5.74) is 1.19. The summed E-state index contributed by atoms with van der Waals surface area (Å²) in [5, 5.41) is 5.80. The third-order valence-corrected chi connectivity index (χ3v) is 9.35. The summed E-state index contributed by atoms with van der Waals surface area (Å²) in [5.74, 6) is -0.689. The number of benzene rings is 1. The zero-order valence-corrected chi connectivity index (χ0v) is 22.9. The number of nitrogens with zero attached hydrogens (tertiary/aromatic N) is 4. The van der Waals surface area contributed by atoms with Gasteiger partial charge in [0.25, 0.3) is 10.2 Å². The van der Waals surface area contributed by atoms with Gasteiger partial charge in [0.15, 0.2) is 10.8 Å². The molecule has 2 unspecified atom stereocenters. The van der Waals surface area contributed by atoms with Crippen molar-refractivity contribution in [3.05, 3.63) is 62.5 Å². The molecule has 0 spiro atoms. The minimum atomic E-state index is -3.61. The fraction of sp³-hybridized carbons (Fsp3) is 0.435. The number of hydrogen-bond donors (Lipinski definition) is 2. The Balaban J connectivity index is 1.56. The van der Waals surface area contributed by atoms with E-state index < -0.39 is 28.0 Å². The van der Waals surface area contributed by atoms with Crippen LogP contribution in [0.1, 0.15) is 16.6 Å². The lowest BCUT2D eigenvalue weighted by Gasteiger charge is -2.49. The Hall–Kier alpha value is -2.46. The van der Waals surface area contributed by atoms with Crippen molar-refractivity contribution in [1.29, 1.82) is 0 Å². The molecule has 4 heterocycles. The highest BCUT2D eigenvalue weighted by Gasteiger charge is 2.43. The van der Waals surface area contributed by atoms with Crippen LogP contribution in [0.3, 0.4) is 0 Å². The van der Waals surface area contributed by atoms with Crippen molar-refractivity contribution in [2.75, 3.05) is 47.0 Å². The third kappa shape index (κ3) is 5.21. The van der Waals surface area contributed by atoms with Crippen molar-refractivity contribution in [2.24, 2.45) is 4.99 Å². The first kappa shape index (κ1) is 27.1. The molecule has 0 saturated carbocycles. The van der Waals surface area contributed by atoms with Crippen LogP contribution in [0.4, 0.5) is 4.39 Å². The number of rotatable bonds is 7. The molecule has 3 atom stereocenters. The Labute approximate surface area is 228 Å². The minimum absolute atomic E-state index is 0.121. The first-order chi connectivity index (χ1) is 18.2. The molecule has 5 rings (SSSR count). The number of fused-ring (bicyclic) bond motifs is 2. The normalized spacial score (nSPS) is 24.6. The topological polar surface area (TPSA) is 125 Å².